The van der Waals surface area contributed by atoms with E-state index in [0.29, 0.717) is 5.92 Å². The Morgan fingerprint density at radius 1 is 1.00 bits per heavy atom. The van der Waals surface area contributed by atoms with Gasteiger partial charge in [0.15, 0.2) is 0 Å². The molecule has 0 N–H and O–H groups in total. The number of benzene rings is 2. The van der Waals surface area contributed by atoms with Gasteiger partial charge in [-0.3, -0.25) is 0 Å². The minimum Gasteiger partial charge on any atom is -0.340 e. The van der Waals surface area contributed by atoms with Crippen molar-refractivity contribution in [1.29, 1.82) is 0 Å². The van der Waals surface area contributed by atoms with Crippen molar-refractivity contribution in [2.24, 2.45) is 5.92 Å². The maximum absolute atomic E-state index is 4.86. The lowest BCUT2D eigenvalue weighted by atomic mass is 10.1. The Balaban J connectivity index is 1.37. The maximum atomic E-state index is 4.86. The fourth-order valence-electron chi connectivity index (χ4n) is 3.87. The van der Waals surface area contributed by atoms with Crippen LogP contribution in [0.4, 0.5) is 5.95 Å². The van der Waals surface area contributed by atoms with Gasteiger partial charge in [0.2, 0.25) is 5.95 Å². The van der Waals surface area contributed by atoms with Crippen LogP contribution in [0.25, 0.3) is 22.0 Å². The molecule has 4 aromatic rings. The molecule has 2 aromatic carbocycles. The van der Waals surface area contributed by atoms with E-state index in [2.05, 4.69) is 61.9 Å². The Kier molecular flexibility index (Phi) is 4.05. The van der Waals surface area contributed by atoms with Crippen molar-refractivity contribution in [3.63, 3.8) is 0 Å². The lowest BCUT2D eigenvalue weighted by Gasteiger charge is -2.17. The number of nitrogens with zero attached hydrogens (tertiary/aromatic N) is 5. The normalized spacial score (nSPS) is 16.9. The number of aromatic nitrogens is 4. The molecule has 1 fully saturated rings. The Labute approximate surface area is 158 Å². The summed E-state index contributed by atoms with van der Waals surface area (Å²) in [6, 6.07) is 16.9. The lowest BCUT2D eigenvalue weighted by Crippen LogP contribution is -2.23. The number of anilines is 1. The van der Waals surface area contributed by atoms with E-state index < -0.39 is 0 Å². The second-order valence-electron chi connectivity index (χ2n) is 7.16. The van der Waals surface area contributed by atoms with Gasteiger partial charge in [-0.2, -0.15) is 0 Å². The van der Waals surface area contributed by atoms with Crippen molar-refractivity contribution < 1.29 is 0 Å². The van der Waals surface area contributed by atoms with E-state index in [-0.39, 0.29) is 0 Å². The molecule has 1 aliphatic rings. The summed E-state index contributed by atoms with van der Waals surface area (Å²) in [6.45, 7) is 2.99. The van der Waals surface area contributed by atoms with Gasteiger partial charge in [0, 0.05) is 43.8 Å². The summed E-state index contributed by atoms with van der Waals surface area (Å²) in [5.41, 5.74) is 2.11. The van der Waals surface area contributed by atoms with Gasteiger partial charge in [0.25, 0.3) is 0 Å². The Morgan fingerprint density at radius 3 is 2.81 bits per heavy atom. The highest BCUT2D eigenvalue weighted by Gasteiger charge is 2.24. The Morgan fingerprint density at radius 2 is 1.93 bits per heavy atom. The lowest BCUT2D eigenvalue weighted by molar-refractivity contribution is 0.485. The van der Waals surface area contributed by atoms with Gasteiger partial charge in [0.05, 0.1) is 12.0 Å². The maximum Gasteiger partial charge on any atom is 0.225 e. The number of fused-ring (bicyclic) bond motifs is 1. The van der Waals surface area contributed by atoms with E-state index in [4.69, 9.17) is 4.98 Å². The van der Waals surface area contributed by atoms with Crippen molar-refractivity contribution in [1.82, 2.24) is 19.5 Å². The Hall–Kier alpha value is -3.21. The third kappa shape index (κ3) is 3.28. The molecule has 1 saturated heterocycles. The van der Waals surface area contributed by atoms with Crippen LogP contribution >= 0.6 is 0 Å². The predicted molar refractivity (Wildman–Crippen MR) is 108 cm³/mol. The quantitative estimate of drug-likeness (QED) is 0.555. The molecule has 2 aromatic heterocycles. The molecule has 134 valence electrons. The molecule has 0 amide bonds. The summed E-state index contributed by atoms with van der Waals surface area (Å²) in [7, 11) is 0. The van der Waals surface area contributed by atoms with Gasteiger partial charge < -0.3 is 9.47 Å². The first-order valence-electron chi connectivity index (χ1n) is 9.38. The average molecular weight is 355 g/mol. The van der Waals surface area contributed by atoms with Gasteiger partial charge >= 0.3 is 0 Å². The van der Waals surface area contributed by atoms with Crippen LogP contribution in [0, 0.1) is 5.92 Å². The van der Waals surface area contributed by atoms with Gasteiger partial charge in [-0.05, 0) is 35.2 Å². The molecule has 5 rings (SSSR count). The van der Waals surface area contributed by atoms with Crippen LogP contribution in [-0.4, -0.2) is 32.6 Å². The molecule has 5 heteroatoms. The molecule has 5 nitrogen and oxygen atoms in total. The number of hydrogen-bond acceptors (Lipinski definition) is 4. The summed E-state index contributed by atoms with van der Waals surface area (Å²) in [6.07, 6.45) is 8.78. The molecule has 0 unspecified atom stereocenters. The van der Waals surface area contributed by atoms with Crippen molar-refractivity contribution in [2.75, 3.05) is 18.0 Å². The second kappa shape index (κ2) is 6.83. The molecule has 1 aliphatic heterocycles. The van der Waals surface area contributed by atoms with Crippen molar-refractivity contribution >= 4 is 16.7 Å². The highest BCUT2D eigenvalue weighted by molar-refractivity contribution is 5.86. The molecular weight excluding hydrogens is 334 g/mol. The zero-order valence-electron chi connectivity index (χ0n) is 15.1. The highest BCUT2D eigenvalue weighted by atomic mass is 15.3. The first-order valence-corrected chi connectivity index (χ1v) is 9.38. The van der Waals surface area contributed by atoms with Crippen LogP contribution < -0.4 is 4.90 Å². The molecule has 0 aliphatic carbocycles. The van der Waals surface area contributed by atoms with E-state index >= 15 is 0 Å². The smallest absolute Gasteiger partial charge is 0.225 e. The van der Waals surface area contributed by atoms with Crippen molar-refractivity contribution in [2.45, 2.75) is 13.0 Å². The van der Waals surface area contributed by atoms with Crippen LogP contribution in [0.1, 0.15) is 6.42 Å². The number of imidazole rings is 1. The van der Waals surface area contributed by atoms with E-state index in [9.17, 15) is 0 Å². The molecule has 0 bridgehead atoms. The van der Waals surface area contributed by atoms with E-state index in [1.807, 2.05) is 31.0 Å². The van der Waals surface area contributed by atoms with Gasteiger partial charge in [0.1, 0.15) is 0 Å². The molecule has 1 atom stereocenters. The molecule has 0 radical (unpaired) electrons. The first kappa shape index (κ1) is 16.0. The van der Waals surface area contributed by atoms with Crippen LogP contribution in [0.3, 0.4) is 0 Å². The summed E-state index contributed by atoms with van der Waals surface area (Å²) in [5.74, 6) is 1.43. The molecule has 0 saturated carbocycles. The minimum atomic E-state index is 0.604. The SMILES string of the molecule is c1ccc2cc(-c3ccnc(N4CC[C@H](Cn5ccnc5)C4)n3)ccc2c1. The topological polar surface area (TPSA) is 46.8 Å². The van der Waals surface area contributed by atoms with Crippen LogP contribution in [-0.2, 0) is 6.54 Å². The first-order chi connectivity index (χ1) is 13.3. The predicted octanol–water partition coefficient (Wildman–Crippen LogP) is 4.02. The summed E-state index contributed by atoms with van der Waals surface area (Å²) in [5, 5.41) is 2.48. The average Bonchev–Trinajstić information content (AvgIpc) is 3.40. The fourth-order valence-corrected chi connectivity index (χ4v) is 3.87. The number of rotatable bonds is 4. The molecule has 27 heavy (non-hydrogen) atoms. The van der Waals surface area contributed by atoms with Crippen LogP contribution in [0.5, 0.6) is 0 Å². The van der Waals surface area contributed by atoms with E-state index in [0.717, 1.165) is 43.3 Å². The van der Waals surface area contributed by atoms with Crippen LogP contribution in [0.15, 0.2) is 73.4 Å². The summed E-state index contributed by atoms with van der Waals surface area (Å²) < 4.78 is 2.15. The third-order valence-electron chi connectivity index (χ3n) is 5.28. The standard InChI is InChI=1S/C22H21N5/c1-2-4-19-13-20(6-5-18(19)3-1)21-7-9-24-22(25-21)27-11-8-17(15-27)14-26-12-10-23-16-26/h1-7,9-10,12-13,16-17H,8,11,14-15H2/t17-/m1/s1. The van der Waals surface area contributed by atoms with Crippen molar-refractivity contribution in [3.8, 4) is 11.3 Å². The zero-order valence-corrected chi connectivity index (χ0v) is 15.1. The van der Waals surface area contributed by atoms with Crippen LogP contribution in [0.2, 0.25) is 0 Å². The summed E-state index contributed by atoms with van der Waals surface area (Å²) in [4.78, 5) is 15.8. The van der Waals surface area contributed by atoms with Gasteiger partial charge in [-0.25, -0.2) is 15.0 Å². The van der Waals surface area contributed by atoms with Crippen molar-refractivity contribution in [3.05, 3.63) is 73.4 Å². The molecule has 0 spiro atoms. The van der Waals surface area contributed by atoms with E-state index in [1.54, 1.807) is 0 Å². The second-order valence-corrected chi connectivity index (χ2v) is 7.16. The molecule has 3 heterocycles. The Bertz CT molecular complexity index is 1060. The minimum absolute atomic E-state index is 0.604. The number of hydrogen-bond donors (Lipinski definition) is 0. The summed E-state index contributed by atoms with van der Waals surface area (Å²) >= 11 is 0. The van der Waals surface area contributed by atoms with Gasteiger partial charge in [-0.1, -0.05) is 36.4 Å². The van der Waals surface area contributed by atoms with E-state index in [1.165, 1.54) is 10.8 Å². The third-order valence-corrected chi connectivity index (χ3v) is 5.28. The highest BCUT2D eigenvalue weighted by Crippen LogP contribution is 2.26. The largest absolute Gasteiger partial charge is 0.340 e. The fraction of sp³-hybridized carbons (Fsp3) is 0.227. The monoisotopic (exact) mass is 355 g/mol. The van der Waals surface area contributed by atoms with Gasteiger partial charge in [-0.15, -0.1) is 0 Å². The molecular formula is C22H21N5. The zero-order chi connectivity index (χ0) is 18.1.